The number of aliphatic hydroxyl groups is 1. The molecule has 1 atom stereocenters. The van der Waals surface area contributed by atoms with Crippen molar-refractivity contribution in [1.82, 2.24) is 4.90 Å². The zero-order valence-corrected chi connectivity index (χ0v) is 12.5. The molecular weight excluding hydrogens is 266 g/mol. The molecule has 1 aromatic rings. The van der Waals surface area contributed by atoms with Gasteiger partial charge in [0.25, 0.3) is 11.8 Å². The van der Waals surface area contributed by atoms with Crippen molar-refractivity contribution >= 4 is 11.8 Å². The fraction of sp³-hybridized carbons (Fsp3) is 0.529. The molecule has 21 heavy (non-hydrogen) atoms. The SMILES string of the molecule is CC(O)CCCCCCCN1C(=O)c2ccccc2C1=O. The van der Waals surface area contributed by atoms with E-state index in [4.69, 9.17) is 5.11 Å². The Morgan fingerprint density at radius 2 is 1.48 bits per heavy atom. The first kappa shape index (κ1) is 15.7. The van der Waals surface area contributed by atoms with E-state index in [9.17, 15) is 9.59 Å². The average Bonchev–Trinajstić information content (AvgIpc) is 2.71. The smallest absolute Gasteiger partial charge is 0.261 e. The van der Waals surface area contributed by atoms with Crippen molar-refractivity contribution in [2.45, 2.75) is 51.6 Å². The first-order valence-corrected chi connectivity index (χ1v) is 7.74. The summed E-state index contributed by atoms with van der Waals surface area (Å²) >= 11 is 0. The van der Waals surface area contributed by atoms with Crippen molar-refractivity contribution in [3.8, 4) is 0 Å². The molecule has 0 saturated carbocycles. The summed E-state index contributed by atoms with van der Waals surface area (Å²) in [7, 11) is 0. The van der Waals surface area contributed by atoms with E-state index >= 15 is 0 Å². The van der Waals surface area contributed by atoms with Gasteiger partial charge in [0.15, 0.2) is 0 Å². The second kappa shape index (κ2) is 7.36. The van der Waals surface area contributed by atoms with Crippen LogP contribution in [0.4, 0.5) is 0 Å². The zero-order valence-electron chi connectivity index (χ0n) is 12.5. The standard InChI is InChI=1S/C17H23NO3/c1-13(19)9-5-3-2-4-8-12-18-16(20)14-10-6-7-11-15(14)17(18)21/h6-7,10-11,13,19H,2-5,8-9,12H2,1H3. The van der Waals surface area contributed by atoms with Gasteiger partial charge in [0.1, 0.15) is 0 Å². The van der Waals surface area contributed by atoms with Crippen molar-refractivity contribution < 1.29 is 14.7 Å². The third-order valence-corrected chi connectivity index (χ3v) is 3.88. The van der Waals surface area contributed by atoms with E-state index in [0.29, 0.717) is 17.7 Å². The van der Waals surface area contributed by atoms with Gasteiger partial charge in [0.2, 0.25) is 0 Å². The number of amides is 2. The number of benzene rings is 1. The number of unbranched alkanes of at least 4 members (excludes halogenated alkanes) is 4. The van der Waals surface area contributed by atoms with Gasteiger partial charge in [-0.2, -0.15) is 0 Å². The Morgan fingerprint density at radius 3 is 2.05 bits per heavy atom. The maximum absolute atomic E-state index is 12.1. The molecular formula is C17H23NO3. The summed E-state index contributed by atoms with van der Waals surface area (Å²) in [4.78, 5) is 25.6. The Bertz CT molecular complexity index is 476. The third kappa shape index (κ3) is 3.91. The van der Waals surface area contributed by atoms with Crippen LogP contribution in [0.15, 0.2) is 24.3 Å². The topological polar surface area (TPSA) is 57.6 Å². The normalized spacial score (nSPS) is 15.4. The lowest BCUT2D eigenvalue weighted by Gasteiger charge is -2.13. The highest BCUT2D eigenvalue weighted by Gasteiger charge is 2.34. The van der Waals surface area contributed by atoms with E-state index in [0.717, 1.165) is 38.5 Å². The van der Waals surface area contributed by atoms with E-state index in [1.165, 1.54) is 4.90 Å². The predicted molar refractivity (Wildman–Crippen MR) is 81.2 cm³/mol. The van der Waals surface area contributed by atoms with E-state index in [1.54, 1.807) is 24.3 Å². The van der Waals surface area contributed by atoms with Crippen molar-refractivity contribution in [3.63, 3.8) is 0 Å². The molecule has 114 valence electrons. The summed E-state index contributed by atoms with van der Waals surface area (Å²) < 4.78 is 0. The van der Waals surface area contributed by atoms with Gasteiger partial charge in [0, 0.05) is 6.54 Å². The first-order chi connectivity index (χ1) is 10.1. The van der Waals surface area contributed by atoms with E-state index in [2.05, 4.69) is 0 Å². The van der Waals surface area contributed by atoms with Gasteiger partial charge in [-0.15, -0.1) is 0 Å². The van der Waals surface area contributed by atoms with E-state index < -0.39 is 0 Å². The summed E-state index contributed by atoms with van der Waals surface area (Å²) in [6.07, 6.45) is 5.68. The number of fused-ring (bicyclic) bond motifs is 1. The van der Waals surface area contributed by atoms with Gasteiger partial charge >= 0.3 is 0 Å². The lowest BCUT2D eigenvalue weighted by atomic mass is 10.1. The number of nitrogens with zero attached hydrogens (tertiary/aromatic N) is 1. The van der Waals surface area contributed by atoms with Crippen LogP contribution in [0, 0.1) is 0 Å². The largest absolute Gasteiger partial charge is 0.393 e. The van der Waals surface area contributed by atoms with Crippen molar-refractivity contribution in [2.24, 2.45) is 0 Å². The van der Waals surface area contributed by atoms with Crippen molar-refractivity contribution in [3.05, 3.63) is 35.4 Å². The van der Waals surface area contributed by atoms with Gasteiger partial charge in [-0.3, -0.25) is 14.5 Å². The van der Waals surface area contributed by atoms with Gasteiger partial charge in [-0.1, -0.05) is 37.8 Å². The number of carbonyl (C=O) groups excluding carboxylic acids is 2. The summed E-state index contributed by atoms with van der Waals surface area (Å²) in [5, 5.41) is 9.16. The molecule has 0 saturated heterocycles. The summed E-state index contributed by atoms with van der Waals surface area (Å²) in [5.74, 6) is -0.325. The number of hydrogen-bond donors (Lipinski definition) is 1. The average molecular weight is 289 g/mol. The van der Waals surface area contributed by atoms with Crippen molar-refractivity contribution in [2.75, 3.05) is 6.54 Å². The molecule has 4 nitrogen and oxygen atoms in total. The number of imide groups is 1. The monoisotopic (exact) mass is 289 g/mol. The van der Waals surface area contributed by atoms with Crippen LogP contribution in [0.1, 0.15) is 66.2 Å². The minimum Gasteiger partial charge on any atom is -0.393 e. The molecule has 0 aromatic heterocycles. The molecule has 0 fully saturated rings. The lowest BCUT2D eigenvalue weighted by molar-refractivity contribution is 0.0651. The highest BCUT2D eigenvalue weighted by Crippen LogP contribution is 2.22. The number of hydrogen-bond acceptors (Lipinski definition) is 3. The highest BCUT2D eigenvalue weighted by molar-refractivity contribution is 6.21. The predicted octanol–water partition coefficient (Wildman–Crippen LogP) is 3.00. The molecule has 1 unspecified atom stereocenters. The maximum atomic E-state index is 12.1. The van der Waals surface area contributed by atoms with Crippen LogP contribution < -0.4 is 0 Å². The number of rotatable bonds is 8. The lowest BCUT2D eigenvalue weighted by Crippen LogP contribution is -2.30. The van der Waals surface area contributed by atoms with Crippen LogP contribution in [0.25, 0.3) is 0 Å². The zero-order chi connectivity index (χ0) is 15.2. The molecule has 1 aliphatic rings. The number of carbonyl (C=O) groups is 2. The summed E-state index contributed by atoms with van der Waals surface area (Å²) in [5.41, 5.74) is 1.05. The Morgan fingerprint density at radius 1 is 0.952 bits per heavy atom. The maximum Gasteiger partial charge on any atom is 0.261 e. The Labute approximate surface area is 125 Å². The van der Waals surface area contributed by atoms with E-state index in [-0.39, 0.29) is 17.9 Å². The van der Waals surface area contributed by atoms with Crippen LogP contribution in [0.2, 0.25) is 0 Å². The molecule has 1 aromatic carbocycles. The van der Waals surface area contributed by atoms with Gasteiger partial charge in [-0.25, -0.2) is 0 Å². The Hall–Kier alpha value is -1.68. The molecule has 1 N–H and O–H groups in total. The molecule has 2 amide bonds. The molecule has 0 spiro atoms. The molecule has 1 heterocycles. The van der Waals surface area contributed by atoms with Crippen LogP contribution >= 0.6 is 0 Å². The summed E-state index contributed by atoms with van der Waals surface area (Å²) in [6, 6.07) is 7.00. The second-order valence-electron chi connectivity index (χ2n) is 5.71. The molecule has 1 aliphatic heterocycles. The Kier molecular flexibility index (Phi) is 5.51. The fourth-order valence-corrected chi connectivity index (χ4v) is 2.68. The van der Waals surface area contributed by atoms with E-state index in [1.807, 2.05) is 6.92 Å². The molecule has 0 radical (unpaired) electrons. The quantitative estimate of drug-likeness (QED) is 0.591. The van der Waals surface area contributed by atoms with Crippen molar-refractivity contribution in [1.29, 1.82) is 0 Å². The van der Waals surface area contributed by atoms with Gasteiger partial charge in [-0.05, 0) is 31.9 Å². The van der Waals surface area contributed by atoms with Gasteiger partial charge < -0.3 is 5.11 Å². The first-order valence-electron chi connectivity index (χ1n) is 7.74. The minimum absolute atomic E-state index is 0.162. The van der Waals surface area contributed by atoms with Crippen LogP contribution in [0.5, 0.6) is 0 Å². The molecule has 4 heteroatoms. The molecule has 0 aliphatic carbocycles. The van der Waals surface area contributed by atoms with Crippen LogP contribution in [0.3, 0.4) is 0 Å². The molecule has 2 rings (SSSR count). The van der Waals surface area contributed by atoms with Gasteiger partial charge in [0.05, 0.1) is 17.2 Å². The Balaban J connectivity index is 1.71. The second-order valence-corrected chi connectivity index (χ2v) is 5.71. The highest BCUT2D eigenvalue weighted by atomic mass is 16.3. The third-order valence-electron chi connectivity index (χ3n) is 3.88. The summed E-state index contributed by atoms with van der Waals surface area (Å²) in [6.45, 7) is 2.31. The molecule has 0 bridgehead atoms. The minimum atomic E-state index is -0.219. The number of aliphatic hydroxyl groups excluding tert-OH is 1. The van der Waals surface area contributed by atoms with Crippen LogP contribution in [-0.4, -0.2) is 34.5 Å². The van der Waals surface area contributed by atoms with Crippen LogP contribution in [-0.2, 0) is 0 Å². The fourth-order valence-electron chi connectivity index (χ4n) is 2.68.